The quantitative estimate of drug-likeness (QED) is 0.466. The third kappa shape index (κ3) is 1.72. The van der Waals surface area contributed by atoms with Crippen molar-refractivity contribution in [2.45, 2.75) is 19.8 Å². The van der Waals surface area contributed by atoms with Crippen molar-refractivity contribution in [2.24, 2.45) is 0 Å². The first-order valence-electron chi connectivity index (χ1n) is 2.78. The number of rotatable bonds is 0. The van der Waals surface area contributed by atoms with Gasteiger partial charge in [0.25, 0.3) is 0 Å². The Bertz CT molecular complexity index is 46.1. The van der Waals surface area contributed by atoms with Gasteiger partial charge < -0.3 is 0 Å². The van der Waals surface area contributed by atoms with Crippen molar-refractivity contribution in [1.82, 2.24) is 0 Å². The van der Waals surface area contributed by atoms with Gasteiger partial charge >= 0.3 is 0 Å². The Morgan fingerprint density at radius 2 is 1.86 bits per heavy atom. The van der Waals surface area contributed by atoms with Crippen LogP contribution < -0.4 is 0 Å². The average Bonchev–Trinajstić information content (AvgIpc) is 1.69. The number of thioether (sulfide) groups is 1. The third-order valence-corrected chi connectivity index (χ3v) is 2.33. The molecule has 7 heavy (non-hydrogen) atoms. The van der Waals surface area contributed by atoms with Gasteiger partial charge in [-0.25, -0.2) is 0 Å². The molecule has 0 aromatic rings. The molecule has 1 aliphatic heterocycles. The molecule has 0 unspecified atom stereocenters. The fourth-order valence-electron chi connectivity index (χ4n) is 0.720. The van der Waals surface area contributed by atoms with Crippen LogP contribution in [-0.4, -0.2) is 11.5 Å². The third-order valence-electron chi connectivity index (χ3n) is 1.35. The van der Waals surface area contributed by atoms with E-state index in [-0.39, 0.29) is 0 Å². The van der Waals surface area contributed by atoms with Gasteiger partial charge in [0.05, 0.1) is 0 Å². The molecular formula is C6H11S. The summed E-state index contributed by atoms with van der Waals surface area (Å²) in [6.45, 7) is 2.26. The molecule has 0 saturated carbocycles. The highest BCUT2D eigenvalue weighted by atomic mass is 32.2. The Kier molecular flexibility index (Phi) is 2.04. The van der Waals surface area contributed by atoms with Crippen molar-refractivity contribution in [3.63, 3.8) is 0 Å². The molecule has 0 spiro atoms. The lowest BCUT2D eigenvalue weighted by atomic mass is 10.1. The van der Waals surface area contributed by atoms with Gasteiger partial charge in [0.15, 0.2) is 0 Å². The normalized spacial score (nSPS) is 25.3. The van der Waals surface area contributed by atoms with Gasteiger partial charge in [-0.05, 0) is 30.3 Å². The van der Waals surface area contributed by atoms with Crippen LogP contribution in [0.2, 0.25) is 0 Å². The minimum atomic E-state index is 1.37. The molecule has 41 valence electrons. The highest BCUT2D eigenvalue weighted by Crippen LogP contribution is 2.22. The van der Waals surface area contributed by atoms with Crippen LogP contribution in [0.25, 0.3) is 0 Å². The average molecular weight is 115 g/mol. The SMILES string of the molecule is C[C]1CCSCC1. The second kappa shape index (κ2) is 2.61. The second-order valence-corrected chi connectivity index (χ2v) is 3.29. The second-order valence-electron chi connectivity index (χ2n) is 2.07. The molecule has 1 heterocycles. The van der Waals surface area contributed by atoms with E-state index in [0.717, 1.165) is 0 Å². The molecule has 0 atom stereocenters. The molecule has 1 heteroatoms. The van der Waals surface area contributed by atoms with Crippen LogP contribution >= 0.6 is 11.8 Å². The van der Waals surface area contributed by atoms with Crippen molar-refractivity contribution in [3.05, 3.63) is 5.92 Å². The van der Waals surface area contributed by atoms with Crippen molar-refractivity contribution in [2.75, 3.05) is 11.5 Å². The van der Waals surface area contributed by atoms with Gasteiger partial charge in [0.2, 0.25) is 0 Å². The van der Waals surface area contributed by atoms with Gasteiger partial charge in [-0.2, -0.15) is 11.8 Å². The lowest BCUT2D eigenvalue weighted by Gasteiger charge is -2.14. The molecule has 1 aliphatic rings. The predicted octanol–water partition coefficient (Wildman–Crippen LogP) is 2.11. The summed E-state index contributed by atoms with van der Waals surface area (Å²) in [7, 11) is 0. The molecule has 1 rings (SSSR count). The monoisotopic (exact) mass is 115 g/mol. The van der Waals surface area contributed by atoms with Crippen molar-refractivity contribution >= 4 is 11.8 Å². The largest absolute Gasteiger partial charge is 0.162 e. The smallest absolute Gasteiger partial charge is 0.00621 e. The topological polar surface area (TPSA) is 0 Å². The standard InChI is InChI=1S/C6H11S/c1-6-2-4-7-5-3-6/h2-5H2,1H3. The Morgan fingerprint density at radius 3 is 2.14 bits per heavy atom. The Balaban J connectivity index is 2.12. The van der Waals surface area contributed by atoms with Crippen molar-refractivity contribution in [1.29, 1.82) is 0 Å². The highest BCUT2D eigenvalue weighted by molar-refractivity contribution is 7.99. The molecule has 1 fully saturated rings. The van der Waals surface area contributed by atoms with Crippen LogP contribution in [0.1, 0.15) is 19.8 Å². The van der Waals surface area contributed by atoms with Crippen LogP contribution in [0.3, 0.4) is 0 Å². The van der Waals surface area contributed by atoms with E-state index in [1.807, 2.05) is 0 Å². The van der Waals surface area contributed by atoms with Crippen molar-refractivity contribution < 1.29 is 0 Å². The molecule has 0 amide bonds. The summed E-state index contributed by atoms with van der Waals surface area (Å²) in [4.78, 5) is 0. The summed E-state index contributed by atoms with van der Waals surface area (Å²) >= 11 is 2.08. The predicted molar refractivity (Wildman–Crippen MR) is 35.5 cm³/mol. The fraction of sp³-hybridized carbons (Fsp3) is 0.833. The van der Waals surface area contributed by atoms with Crippen molar-refractivity contribution in [3.8, 4) is 0 Å². The Hall–Kier alpha value is 0.350. The van der Waals surface area contributed by atoms with E-state index in [1.165, 1.54) is 24.3 Å². The van der Waals surface area contributed by atoms with E-state index in [1.54, 1.807) is 5.92 Å². The molecule has 0 N–H and O–H groups in total. The van der Waals surface area contributed by atoms with Gasteiger partial charge in [0, 0.05) is 0 Å². The molecule has 0 nitrogen and oxygen atoms in total. The molecular weight excluding hydrogens is 104 g/mol. The number of hydrogen-bond donors (Lipinski definition) is 0. The Morgan fingerprint density at radius 1 is 1.29 bits per heavy atom. The van der Waals surface area contributed by atoms with Crippen LogP contribution in [0, 0.1) is 5.92 Å². The summed E-state index contributed by atoms with van der Waals surface area (Å²) in [6.07, 6.45) is 2.73. The first-order valence-corrected chi connectivity index (χ1v) is 3.94. The van der Waals surface area contributed by atoms with Crippen LogP contribution in [0.4, 0.5) is 0 Å². The van der Waals surface area contributed by atoms with E-state index >= 15 is 0 Å². The minimum absolute atomic E-state index is 1.37. The summed E-state index contributed by atoms with van der Waals surface area (Å²) in [5.41, 5.74) is 0. The maximum Gasteiger partial charge on any atom is -0.00621 e. The summed E-state index contributed by atoms with van der Waals surface area (Å²) in [5, 5.41) is 0. The lowest BCUT2D eigenvalue weighted by Crippen LogP contribution is -2.02. The first-order chi connectivity index (χ1) is 3.39. The highest BCUT2D eigenvalue weighted by Gasteiger charge is 2.06. The van der Waals surface area contributed by atoms with E-state index in [9.17, 15) is 0 Å². The Labute approximate surface area is 49.7 Å². The van der Waals surface area contributed by atoms with Crippen LogP contribution in [-0.2, 0) is 0 Å². The zero-order chi connectivity index (χ0) is 5.11. The van der Waals surface area contributed by atoms with Gasteiger partial charge in [-0.15, -0.1) is 0 Å². The zero-order valence-electron chi connectivity index (χ0n) is 4.74. The van der Waals surface area contributed by atoms with E-state index in [4.69, 9.17) is 0 Å². The molecule has 0 aromatic carbocycles. The maximum atomic E-state index is 2.26. The fourth-order valence-corrected chi connectivity index (χ4v) is 1.91. The molecule has 1 saturated heterocycles. The van der Waals surface area contributed by atoms with E-state index in [0.29, 0.717) is 0 Å². The molecule has 0 bridgehead atoms. The van der Waals surface area contributed by atoms with E-state index in [2.05, 4.69) is 18.7 Å². The van der Waals surface area contributed by atoms with Gasteiger partial charge in [-0.3, -0.25) is 0 Å². The van der Waals surface area contributed by atoms with Crippen LogP contribution in [0.15, 0.2) is 0 Å². The molecule has 0 aliphatic carbocycles. The molecule has 1 radical (unpaired) electrons. The van der Waals surface area contributed by atoms with E-state index < -0.39 is 0 Å². The van der Waals surface area contributed by atoms with Gasteiger partial charge in [-0.1, -0.05) is 6.92 Å². The molecule has 0 aromatic heterocycles. The lowest BCUT2D eigenvalue weighted by molar-refractivity contribution is 0.811. The first kappa shape index (κ1) is 5.49. The summed E-state index contributed by atoms with van der Waals surface area (Å²) < 4.78 is 0. The minimum Gasteiger partial charge on any atom is -0.162 e. The van der Waals surface area contributed by atoms with Gasteiger partial charge in [0.1, 0.15) is 0 Å². The zero-order valence-corrected chi connectivity index (χ0v) is 5.55. The van der Waals surface area contributed by atoms with Crippen LogP contribution in [0.5, 0.6) is 0 Å². The maximum absolute atomic E-state index is 2.26. The number of hydrogen-bond acceptors (Lipinski definition) is 1. The summed E-state index contributed by atoms with van der Waals surface area (Å²) in [6, 6.07) is 0. The summed E-state index contributed by atoms with van der Waals surface area (Å²) in [5.74, 6) is 4.43.